The van der Waals surface area contributed by atoms with Crippen LogP contribution in [0.2, 0.25) is 0 Å². The van der Waals surface area contributed by atoms with E-state index < -0.39 is 5.41 Å². The normalized spacial score (nSPS) is 13.8. The van der Waals surface area contributed by atoms with Crippen LogP contribution in [0.25, 0.3) is 44.2 Å². The Balaban J connectivity index is 1.18. The van der Waals surface area contributed by atoms with E-state index in [-0.39, 0.29) is 21.7 Å². The highest BCUT2D eigenvalue weighted by atomic mass is 16.3. The molecule has 0 unspecified atom stereocenters. The van der Waals surface area contributed by atoms with E-state index in [1.807, 2.05) is 0 Å². The summed E-state index contributed by atoms with van der Waals surface area (Å²) in [5.74, 6) is 0. The van der Waals surface area contributed by atoms with E-state index in [9.17, 15) is 0 Å². The van der Waals surface area contributed by atoms with E-state index in [1.165, 1.54) is 66.8 Å². The molecule has 1 spiro atoms. The van der Waals surface area contributed by atoms with Gasteiger partial charge in [-0.3, -0.25) is 0 Å². The molecular formula is C71H68N2O. The average molecular weight is 965 g/mol. The molecule has 0 bridgehead atoms. The maximum atomic E-state index is 7.29. The molecule has 0 fully saturated rings. The summed E-state index contributed by atoms with van der Waals surface area (Å²) in [6, 6.07) is 73.6. The van der Waals surface area contributed by atoms with Crippen molar-refractivity contribution in [3.8, 4) is 22.3 Å². The Bertz CT molecular complexity index is 3630. The van der Waals surface area contributed by atoms with Crippen molar-refractivity contribution in [2.24, 2.45) is 0 Å². The molecule has 0 amide bonds. The van der Waals surface area contributed by atoms with E-state index in [0.29, 0.717) is 0 Å². The van der Waals surface area contributed by atoms with Gasteiger partial charge in [0, 0.05) is 39.2 Å². The van der Waals surface area contributed by atoms with E-state index in [0.717, 1.165) is 56.1 Å². The van der Waals surface area contributed by atoms with Crippen molar-refractivity contribution in [1.29, 1.82) is 0 Å². The Morgan fingerprint density at radius 1 is 0.338 bits per heavy atom. The van der Waals surface area contributed by atoms with Gasteiger partial charge < -0.3 is 14.2 Å². The molecule has 368 valence electrons. The van der Waals surface area contributed by atoms with Gasteiger partial charge in [0.15, 0.2) is 5.58 Å². The Kier molecular flexibility index (Phi) is 10.7. The second-order valence-electron chi connectivity index (χ2n) is 25.0. The van der Waals surface area contributed by atoms with Crippen LogP contribution < -0.4 is 9.80 Å². The van der Waals surface area contributed by atoms with Gasteiger partial charge in [-0.2, -0.15) is 0 Å². The molecule has 1 heterocycles. The highest BCUT2D eigenvalue weighted by Crippen LogP contribution is 2.66. The van der Waals surface area contributed by atoms with Gasteiger partial charge in [0.2, 0.25) is 0 Å². The molecule has 10 aromatic rings. The minimum atomic E-state index is -0.676. The molecule has 0 saturated carbocycles. The van der Waals surface area contributed by atoms with Crippen molar-refractivity contribution in [2.75, 3.05) is 9.80 Å². The molecule has 2 aliphatic carbocycles. The quantitative estimate of drug-likeness (QED) is 0.166. The molecule has 3 heteroatoms. The first-order valence-corrected chi connectivity index (χ1v) is 26.6. The van der Waals surface area contributed by atoms with Crippen molar-refractivity contribution in [1.82, 2.24) is 0 Å². The summed E-state index contributed by atoms with van der Waals surface area (Å²) >= 11 is 0. The van der Waals surface area contributed by atoms with E-state index >= 15 is 0 Å². The van der Waals surface area contributed by atoms with Crippen LogP contribution in [0, 0.1) is 0 Å². The van der Waals surface area contributed by atoms with Gasteiger partial charge in [-0.15, -0.1) is 0 Å². The van der Waals surface area contributed by atoms with Crippen LogP contribution in [-0.2, 0) is 27.1 Å². The van der Waals surface area contributed by atoms with Crippen LogP contribution in [-0.4, -0.2) is 0 Å². The lowest BCUT2D eigenvalue weighted by atomic mass is 9.70. The first kappa shape index (κ1) is 47.4. The maximum absolute atomic E-state index is 7.29. The van der Waals surface area contributed by atoms with Crippen molar-refractivity contribution in [3.05, 3.63) is 239 Å². The standard InChI is InChI=1S/C71H68N2O/c1-67(2,3)45-25-33-49(34-26-45)72(50-35-27-46(28-36-50)68(4,5)6)53-41-42-56-60(43-53)71(58-22-16-13-19-54(58)55-20-14-17-23-59(55)71)61-44-62(66-65(64(56)61)57-21-15-18-24-63(57)74-66)73(51-37-29-47(30-38-51)69(7,8)9)52-39-31-48(32-40-52)70(10,11)12/h13-44H,1-12H3. The summed E-state index contributed by atoms with van der Waals surface area (Å²) in [6.45, 7) is 27.4. The van der Waals surface area contributed by atoms with Gasteiger partial charge in [-0.25, -0.2) is 0 Å². The van der Waals surface area contributed by atoms with Crippen LogP contribution in [0.3, 0.4) is 0 Å². The lowest BCUT2D eigenvalue weighted by Gasteiger charge is -2.33. The van der Waals surface area contributed by atoms with E-state index in [4.69, 9.17) is 4.42 Å². The third kappa shape index (κ3) is 7.44. The van der Waals surface area contributed by atoms with Gasteiger partial charge in [-0.1, -0.05) is 204 Å². The number of hydrogen-bond donors (Lipinski definition) is 0. The summed E-state index contributed by atoms with van der Waals surface area (Å²) in [5.41, 5.74) is 22.9. The fraction of sp³-hybridized carbons (Fsp3) is 0.239. The SMILES string of the molecule is CC(C)(C)c1ccc(N(c2ccc(C(C)(C)C)cc2)c2ccc3c(c2)C2(c4ccccc4-c4ccccc42)c2cc(N(c4ccc(C(C)(C)C)cc4)c4ccc(C(C)(C)C)cc4)c4oc5ccccc5c4c2-3)cc1. The number of nitrogens with zero attached hydrogens (tertiary/aromatic N) is 2. The van der Waals surface area contributed by atoms with Crippen LogP contribution in [0.1, 0.15) is 128 Å². The fourth-order valence-corrected chi connectivity index (χ4v) is 12.1. The Labute approximate surface area is 439 Å². The smallest absolute Gasteiger partial charge is 0.160 e. The Morgan fingerprint density at radius 3 is 1.18 bits per heavy atom. The van der Waals surface area contributed by atoms with Crippen LogP contribution in [0.5, 0.6) is 0 Å². The predicted octanol–water partition coefficient (Wildman–Crippen LogP) is 20.1. The number of benzene rings is 9. The zero-order valence-electron chi connectivity index (χ0n) is 45.3. The van der Waals surface area contributed by atoms with Crippen molar-refractivity contribution < 1.29 is 4.42 Å². The molecule has 12 rings (SSSR count). The van der Waals surface area contributed by atoms with E-state index in [2.05, 4.69) is 287 Å². The number of furan rings is 1. The number of anilines is 6. The summed E-state index contributed by atoms with van der Waals surface area (Å²) < 4.78 is 7.29. The Morgan fingerprint density at radius 2 is 0.730 bits per heavy atom. The predicted molar refractivity (Wildman–Crippen MR) is 314 cm³/mol. The highest BCUT2D eigenvalue weighted by molar-refractivity contribution is 6.20. The molecule has 2 aliphatic rings. The topological polar surface area (TPSA) is 19.6 Å². The third-order valence-corrected chi connectivity index (χ3v) is 16.1. The summed E-state index contributed by atoms with van der Waals surface area (Å²) in [5, 5.41) is 2.24. The van der Waals surface area contributed by atoms with Crippen molar-refractivity contribution in [3.63, 3.8) is 0 Å². The lowest BCUT2D eigenvalue weighted by molar-refractivity contribution is 0.590. The number of para-hydroxylation sites is 1. The summed E-state index contributed by atoms with van der Waals surface area (Å²) in [4.78, 5) is 4.91. The molecule has 0 radical (unpaired) electrons. The van der Waals surface area contributed by atoms with Gasteiger partial charge in [-0.05, 0) is 161 Å². The zero-order chi connectivity index (χ0) is 51.7. The lowest BCUT2D eigenvalue weighted by Crippen LogP contribution is -2.26. The first-order valence-electron chi connectivity index (χ1n) is 26.6. The second kappa shape index (κ2) is 16.7. The molecule has 3 nitrogen and oxygen atoms in total. The molecule has 0 aliphatic heterocycles. The van der Waals surface area contributed by atoms with Crippen molar-refractivity contribution in [2.45, 2.75) is 110 Å². The molecule has 1 aromatic heterocycles. The second-order valence-corrected chi connectivity index (χ2v) is 25.0. The minimum Gasteiger partial charge on any atom is -0.454 e. The zero-order valence-corrected chi connectivity index (χ0v) is 45.3. The fourth-order valence-electron chi connectivity index (χ4n) is 12.1. The number of hydrogen-bond acceptors (Lipinski definition) is 3. The van der Waals surface area contributed by atoms with Gasteiger partial charge in [0.05, 0.1) is 11.1 Å². The van der Waals surface area contributed by atoms with Crippen LogP contribution in [0.15, 0.2) is 199 Å². The molecule has 74 heavy (non-hydrogen) atoms. The monoisotopic (exact) mass is 965 g/mol. The molecule has 9 aromatic carbocycles. The molecule has 0 saturated heterocycles. The molecular weight excluding hydrogens is 897 g/mol. The van der Waals surface area contributed by atoms with Crippen LogP contribution in [0.4, 0.5) is 34.1 Å². The summed E-state index contributed by atoms with van der Waals surface area (Å²) in [7, 11) is 0. The van der Waals surface area contributed by atoms with Crippen LogP contribution >= 0.6 is 0 Å². The average Bonchev–Trinajstić information content (AvgIpc) is 4.07. The maximum Gasteiger partial charge on any atom is 0.160 e. The Hall–Kier alpha value is -7.62. The summed E-state index contributed by atoms with van der Waals surface area (Å²) in [6.07, 6.45) is 0. The number of fused-ring (bicyclic) bond motifs is 14. The highest BCUT2D eigenvalue weighted by Gasteiger charge is 2.53. The third-order valence-electron chi connectivity index (χ3n) is 16.1. The first-order chi connectivity index (χ1) is 35.2. The number of rotatable bonds is 6. The van der Waals surface area contributed by atoms with Gasteiger partial charge >= 0.3 is 0 Å². The van der Waals surface area contributed by atoms with Gasteiger partial charge in [0.25, 0.3) is 0 Å². The van der Waals surface area contributed by atoms with Gasteiger partial charge in [0.1, 0.15) is 5.58 Å². The molecule has 0 N–H and O–H groups in total. The minimum absolute atomic E-state index is 0.00110. The van der Waals surface area contributed by atoms with E-state index in [1.54, 1.807) is 0 Å². The van der Waals surface area contributed by atoms with Crippen molar-refractivity contribution >= 4 is 56.1 Å². The largest absolute Gasteiger partial charge is 0.454 e. The molecule has 0 atom stereocenters.